The molecule has 0 saturated carbocycles. The lowest BCUT2D eigenvalue weighted by Crippen LogP contribution is -2.23. The minimum Gasteiger partial charge on any atom is -0.384 e. The van der Waals surface area contributed by atoms with Crippen molar-refractivity contribution < 1.29 is 0 Å². The third-order valence-electron chi connectivity index (χ3n) is 3.31. The lowest BCUT2D eigenvalue weighted by molar-refractivity contribution is 0.540. The number of anilines is 2. The summed E-state index contributed by atoms with van der Waals surface area (Å²) in [5, 5.41) is 3.54. The normalized spacial score (nSPS) is 13.2. The van der Waals surface area contributed by atoms with Crippen molar-refractivity contribution in [2.45, 2.75) is 78.2 Å². The Morgan fingerprint density at radius 2 is 1.85 bits per heavy atom. The zero-order valence-electron chi connectivity index (χ0n) is 13.7. The van der Waals surface area contributed by atoms with Crippen molar-refractivity contribution in [2.75, 3.05) is 11.1 Å². The number of hydrogen-bond donors (Lipinski definition) is 2. The third kappa shape index (κ3) is 5.35. The molecule has 0 radical (unpaired) electrons. The fourth-order valence-electron chi connectivity index (χ4n) is 2.17. The predicted octanol–water partition coefficient (Wildman–Crippen LogP) is 4.13. The maximum atomic E-state index is 5.91. The van der Waals surface area contributed by atoms with E-state index in [0.717, 1.165) is 18.1 Å². The van der Waals surface area contributed by atoms with Crippen LogP contribution in [0.4, 0.5) is 11.6 Å². The second kappa shape index (κ2) is 7.46. The van der Waals surface area contributed by atoms with E-state index in [9.17, 15) is 0 Å². The maximum Gasteiger partial charge on any atom is 0.138 e. The number of nitrogen functional groups attached to an aromatic ring is 1. The molecule has 4 heteroatoms. The van der Waals surface area contributed by atoms with Crippen LogP contribution < -0.4 is 11.1 Å². The molecule has 0 bridgehead atoms. The van der Waals surface area contributed by atoms with Crippen LogP contribution in [0.5, 0.6) is 0 Å². The van der Waals surface area contributed by atoms with Gasteiger partial charge in [0.05, 0.1) is 0 Å². The molecule has 1 atom stereocenters. The van der Waals surface area contributed by atoms with Gasteiger partial charge in [0.25, 0.3) is 0 Å². The maximum absolute atomic E-state index is 5.91. The number of nitrogens with zero attached hydrogens (tertiary/aromatic N) is 2. The summed E-state index contributed by atoms with van der Waals surface area (Å²) >= 11 is 0. The minimum absolute atomic E-state index is 0.0878. The first-order valence-corrected chi connectivity index (χ1v) is 7.78. The van der Waals surface area contributed by atoms with Gasteiger partial charge in [0.15, 0.2) is 0 Å². The fraction of sp³-hybridized carbons (Fsp3) is 0.750. The molecule has 114 valence electrons. The van der Waals surface area contributed by atoms with Gasteiger partial charge in [-0.05, 0) is 12.8 Å². The van der Waals surface area contributed by atoms with Gasteiger partial charge >= 0.3 is 0 Å². The predicted molar refractivity (Wildman–Crippen MR) is 87.0 cm³/mol. The minimum atomic E-state index is -0.0878. The SMILES string of the molecule is CCCCC(CCC)Nc1cc(N)nc(C(C)(C)C)n1. The second-order valence-electron chi connectivity index (χ2n) is 6.52. The Kier molecular flexibility index (Phi) is 6.24. The van der Waals surface area contributed by atoms with Crippen LogP contribution in [0.2, 0.25) is 0 Å². The Balaban J connectivity index is 2.86. The van der Waals surface area contributed by atoms with Crippen molar-refractivity contribution in [2.24, 2.45) is 0 Å². The summed E-state index contributed by atoms with van der Waals surface area (Å²) in [6, 6.07) is 2.31. The highest BCUT2D eigenvalue weighted by Crippen LogP contribution is 2.22. The van der Waals surface area contributed by atoms with Crippen molar-refractivity contribution in [1.82, 2.24) is 9.97 Å². The van der Waals surface area contributed by atoms with E-state index >= 15 is 0 Å². The van der Waals surface area contributed by atoms with Crippen LogP contribution in [-0.2, 0) is 5.41 Å². The third-order valence-corrected chi connectivity index (χ3v) is 3.31. The molecule has 1 aromatic heterocycles. The van der Waals surface area contributed by atoms with E-state index in [0.29, 0.717) is 11.9 Å². The highest BCUT2D eigenvalue weighted by Gasteiger charge is 2.19. The van der Waals surface area contributed by atoms with Crippen molar-refractivity contribution in [3.8, 4) is 0 Å². The Morgan fingerprint density at radius 1 is 1.15 bits per heavy atom. The van der Waals surface area contributed by atoms with E-state index in [1.54, 1.807) is 0 Å². The van der Waals surface area contributed by atoms with Crippen LogP contribution in [0.3, 0.4) is 0 Å². The van der Waals surface area contributed by atoms with Gasteiger partial charge in [0.1, 0.15) is 17.5 Å². The van der Waals surface area contributed by atoms with E-state index < -0.39 is 0 Å². The van der Waals surface area contributed by atoms with Gasteiger partial charge < -0.3 is 11.1 Å². The molecule has 0 aliphatic heterocycles. The number of aromatic nitrogens is 2. The molecule has 1 aromatic rings. The van der Waals surface area contributed by atoms with Gasteiger partial charge in [-0.1, -0.05) is 53.9 Å². The highest BCUT2D eigenvalue weighted by atomic mass is 15.1. The summed E-state index contributed by atoms with van der Waals surface area (Å²) in [5.41, 5.74) is 5.83. The molecule has 3 N–H and O–H groups in total. The van der Waals surface area contributed by atoms with Gasteiger partial charge in [-0.3, -0.25) is 0 Å². The smallest absolute Gasteiger partial charge is 0.138 e. The van der Waals surface area contributed by atoms with Crippen LogP contribution in [0.1, 0.15) is 72.5 Å². The average Bonchev–Trinajstić information content (AvgIpc) is 2.34. The van der Waals surface area contributed by atoms with E-state index in [4.69, 9.17) is 5.73 Å². The van der Waals surface area contributed by atoms with Crippen molar-refractivity contribution in [3.63, 3.8) is 0 Å². The first-order chi connectivity index (χ1) is 9.36. The zero-order valence-corrected chi connectivity index (χ0v) is 13.7. The molecule has 0 aliphatic rings. The van der Waals surface area contributed by atoms with Gasteiger partial charge in [-0.2, -0.15) is 0 Å². The first-order valence-electron chi connectivity index (χ1n) is 7.78. The summed E-state index contributed by atoms with van der Waals surface area (Å²) in [6.07, 6.45) is 5.98. The average molecular weight is 278 g/mol. The lowest BCUT2D eigenvalue weighted by atomic mass is 9.96. The van der Waals surface area contributed by atoms with Crippen LogP contribution >= 0.6 is 0 Å². The van der Waals surface area contributed by atoms with E-state index in [1.807, 2.05) is 6.07 Å². The Morgan fingerprint density at radius 3 is 2.40 bits per heavy atom. The molecule has 4 nitrogen and oxygen atoms in total. The molecule has 1 unspecified atom stereocenters. The summed E-state index contributed by atoms with van der Waals surface area (Å²) in [7, 11) is 0. The van der Waals surface area contributed by atoms with E-state index in [-0.39, 0.29) is 5.41 Å². The zero-order chi connectivity index (χ0) is 15.2. The largest absolute Gasteiger partial charge is 0.384 e. The van der Waals surface area contributed by atoms with Gasteiger partial charge in [-0.15, -0.1) is 0 Å². The summed E-state index contributed by atoms with van der Waals surface area (Å²) in [5.74, 6) is 2.20. The molecular weight excluding hydrogens is 248 g/mol. The lowest BCUT2D eigenvalue weighted by Gasteiger charge is -2.21. The van der Waals surface area contributed by atoms with E-state index in [1.165, 1.54) is 25.7 Å². The van der Waals surface area contributed by atoms with Crippen LogP contribution in [-0.4, -0.2) is 16.0 Å². The molecule has 20 heavy (non-hydrogen) atoms. The van der Waals surface area contributed by atoms with Crippen molar-refractivity contribution in [3.05, 3.63) is 11.9 Å². The standard InChI is InChI=1S/C16H30N4/c1-6-8-10-12(9-7-2)18-14-11-13(17)19-15(20-14)16(3,4)5/h11-12H,6-10H2,1-5H3,(H3,17,18,19,20). The Hall–Kier alpha value is -1.32. The molecule has 0 aromatic carbocycles. The number of nitrogens with one attached hydrogen (secondary N) is 1. The molecule has 0 spiro atoms. The summed E-state index contributed by atoms with van der Waals surface area (Å²) in [4.78, 5) is 8.98. The van der Waals surface area contributed by atoms with Gasteiger partial charge in [-0.25, -0.2) is 9.97 Å². The fourth-order valence-corrected chi connectivity index (χ4v) is 2.17. The Bertz CT molecular complexity index is 409. The summed E-state index contributed by atoms with van der Waals surface area (Å²) < 4.78 is 0. The molecule has 1 rings (SSSR count). The first kappa shape index (κ1) is 16.7. The van der Waals surface area contributed by atoms with Gasteiger partial charge in [0, 0.05) is 17.5 Å². The van der Waals surface area contributed by atoms with Crippen LogP contribution in [0.25, 0.3) is 0 Å². The quantitative estimate of drug-likeness (QED) is 0.787. The van der Waals surface area contributed by atoms with Crippen LogP contribution in [0, 0.1) is 0 Å². The van der Waals surface area contributed by atoms with E-state index in [2.05, 4.69) is 49.9 Å². The number of rotatable bonds is 7. The molecule has 0 amide bonds. The highest BCUT2D eigenvalue weighted by molar-refractivity contribution is 5.46. The number of hydrogen-bond acceptors (Lipinski definition) is 4. The van der Waals surface area contributed by atoms with Gasteiger partial charge in [0.2, 0.25) is 0 Å². The topological polar surface area (TPSA) is 63.8 Å². The molecule has 1 heterocycles. The molecular formula is C16H30N4. The van der Waals surface area contributed by atoms with Crippen LogP contribution in [0.15, 0.2) is 6.07 Å². The molecule has 0 fully saturated rings. The monoisotopic (exact) mass is 278 g/mol. The summed E-state index contributed by atoms with van der Waals surface area (Å²) in [6.45, 7) is 10.8. The van der Waals surface area contributed by atoms with Crippen molar-refractivity contribution in [1.29, 1.82) is 0 Å². The van der Waals surface area contributed by atoms with Crippen molar-refractivity contribution >= 4 is 11.6 Å². The molecule has 0 saturated heterocycles. The number of nitrogens with two attached hydrogens (primary N) is 1. The Labute approximate surface area is 123 Å². The number of unbranched alkanes of at least 4 members (excludes halogenated alkanes) is 1. The second-order valence-corrected chi connectivity index (χ2v) is 6.52. The molecule has 0 aliphatic carbocycles.